The van der Waals surface area contributed by atoms with E-state index in [4.69, 9.17) is 18.9 Å². The molecule has 0 radical (unpaired) electrons. The molecular formula is C24H33NO6. The Kier molecular flexibility index (Phi) is 7.35. The van der Waals surface area contributed by atoms with Gasteiger partial charge in [-0.1, -0.05) is 25.3 Å². The smallest absolute Gasteiger partial charge is 0.286 e. The van der Waals surface area contributed by atoms with Crippen molar-refractivity contribution in [1.29, 1.82) is 0 Å². The third-order valence-electron chi connectivity index (χ3n) is 6.36. The average molecular weight is 432 g/mol. The highest BCUT2D eigenvalue weighted by atomic mass is 16.7. The molecule has 3 atom stereocenters. The number of hydrogen-bond acceptors (Lipinski definition) is 6. The Morgan fingerprint density at radius 3 is 2.77 bits per heavy atom. The summed E-state index contributed by atoms with van der Waals surface area (Å²) >= 11 is 0. The molecule has 3 aliphatic rings. The van der Waals surface area contributed by atoms with E-state index in [1.165, 1.54) is 6.42 Å². The molecule has 170 valence electrons. The van der Waals surface area contributed by atoms with Gasteiger partial charge in [0, 0.05) is 31.1 Å². The Hall–Kier alpha value is -2.25. The summed E-state index contributed by atoms with van der Waals surface area (Å²) in [6.07, 6.45) is 8.26. The molecule has 0 saturated heterocycles. The van der Waals surface area contributed by atoms with Gasteiger partial charge in [0.2, 0.25) is 13.1 Å². The van der Waals surface area contributed by atoms with Gasteiger partial charge in [0.05, 0.1) is 0 Å². The second kappa shape index (κ2) is 10.4. The molecular weight excluding hydrogens is 398 g/mol. The van der Waals surface area contributed by atoms with Crippen LogP contribution in [0.5, 0.6) is 11.5 Å². The van der Waals surface area contributed by atoms with Crippen LogP contribution in [-0.2, 0) is 14.3 Å². The first kappa shape index (κ1) is 22.0. The van der Waals surface area contributed by atoms with E-state index in [1.54, 1.807) is 0 Å². The quantitative estimate of drug-likeness (QED) is 0.654. The Bertz CT molecular complexity index is 788. The van der Waals surface area contributed by atoms with Gasteiger partial charge in [-0.2, -0.15) is 0 Å². The van der Waals surface area contributed by atoms with Gasteiger partial charge in [-0.3, -0.25) is 4.79 Å². The summed E-state index contributed by atoms with van der Waals surface area (Å²) in [6, 6.07) is 6.08. The maximum Gasteiger partial charge on any atom is 0.286 e. The monoisotopic (exact) mass is 431 g/mol. The third kappa shape index (κ3) is 5.15. The molecule has 7 heteroatoms. The lowest BCUT2D eigenvalue weighted by Gasteiger charge is -2.37. The highest BCUT2D eigenvalue weighted by molar-refractivity contribution is 5.92. The van der Waals surface area contributed by atoms with Crippen LogP contribution in [0.2, 0.25) is 0 Å². The van der Waals surface area contributed by atoms with Gasteiger partial charge in [-0.25, -0.2) is 0 Å². The third-order valence-corrected chi connectivity index (χ3v) is 6.36. The van der Waals surface area contributed by atoms with E-state index < -0.39 is 6.29 Å². The van der Waals surface area contributed by atoms with Crippen molar-refractivity contribution >= 4 is 5.91 Å². The van der Waals surface area contributed by atoms with Gasteiger partial charge in [0.1, 0.15) is 0 Å². The number of ether oxygens (including phenoxy) is 4. The standard InChI is InChI=1S/C24H33NO6/c1-2-28-24-18(9-6-12-26)19(16-10-11-20-21(13-16)30-15-29-20)14-22(31-24)23(27)25-17-7-4-3-5-8-17/h10-11,13-14,17-19,24,26H,2-9,12,15H2,1H3,(H,25,27)/t18-,19-,24-/m0/s1. The zero-order chi connectivity index (χ0) is 21.6. The molecule has 1 aromatic carbocycles. The fourth-order valence-electron chi connectivity index (χ4n) is 4.77. The number of aliphatic hydroxyl groups excluding tert-OH is 1. The van der Waals surface area contributed by atoms with Crippen LogP contribution < -0.4 is 14.8 Å². The van der Waals surface area contributed by atoms with Crippen LogP contribution in [0.3, 0.4) is 0 Å². The van der Waals surface area contributed by atoms with Crippen molar-refractivity contribution in [1.82, 2.24) is 5.32 Å². The molecule has 0 spiro atoms. The lowest BCUT2D eigenvalue weighted by Crippen LogP contribution is -2.42. The molecule has 0 bridgehead atoms. The van der Waals surface area contributed by atoms with Crippen molar-refractivity contribution in [3.05, 3.63) is 35.6 Å². The number of benzene rings is 1. The van der Waals surface area contributed by atoms with E-state index in [9.17, 15) is 9.90 Å². The summed E-state index contributed by atoms with van der Waals surface area (Å²) in [5.41, 5.74) is 1.02. The number of fused-ring (bicyclic) bond motifs is 1. The summed E-state index contributed by atoms with van der Waals surface area (Å²) in [5, 5.41) is 12.6. The molecule has 1 fully saturated rings. The van der Waals surface area contributed by atoms with Crippen LogP contribution in [0.15, 0.2) is 30.0 Å². The number of carbonyl (C=O) groups excluding carboxylic acids is 1. The molecule has 31 heavy (non-hydrogen) atoms. The number of amides is 1. The first-order valence-electron chi connectivity index (χ1n) is 11.5. The van der Waals surface area contributed by atoms with E-state index in [0.29, 0.717) is 31.0 Å². The summed E-state index contributed by atoms with van der Waals surface area (Å²) < 4.78 is 23.0. The van der Waals surface area contributed by atoms with Crippen molar-refractivity contribution in [2.75, 3.05) is 20.0 Å². The maximum absolute atomic E-state index is 13.1. The normalized spacial score (nSPS) is 25.6. The minimum Gasteiger partial charge on any atom is -0.459 e. The second-order valence-electron chi connectivity index (χ2n) is 8.45. The minimum absolute atomic E-state index is 0.0290. The van der Waals surface area contributed by atoms with Crippen LogP contribution in [0.4, 0.5) is 0 Å². The SMILES string of the molecule is CCO[C@H]1OC(C(=O)NC2CCCCC2)=C[C@@H](c2ccc3c(c2)OCO3)[C@@H]1CCCO. The number of allylic oxidation sites excluding steroid dienone is 1. The van der Waals surface area contributed by atoms with Crippen molar-refractivity contribution in [2.45, 2.75) is 70.1 Å². The van der Waals surface area contributed by atoms with Crippen LogP contribution in [0.25, 0.3) is 0 Å². The predicted molar refractivity (Wildman–Crippen MR) is 115 cm³/mol. The van der Waals surface area contributed by atoms with E-state index in [2.05, 4.69) is 5.32 Å². The average Bonchev–Trinajstić information content (AvgIpc) is 3.26. The van der Waals surface area contributed by atoms with Crippen molar-refractivity contribution in [3.63, 3.8) is 0 Å². The lowest BCUT2D eigenvalue weighted by atomic mass is 9.80. The zero-order valence-corrected chi connectivity index (χ0v) is 18.2. The summed E-state index contributed by atoms with van der Waals surface area (Å²) in [6.45, 7) is 2.71. The minimum atomic E-state index is -0.552. The van der Waals surface area contributed by atoms with Crippen molar-refractivity contribution in [2.24, 2.45) is 5.92 Å². The van der Waals surface area contributed by atoms with Gasteiger partial charge in [0.15, 0.2) is 17.3 Å². The Balaban J connectivity index is 1.62. The zero-order valence-electron chi connectivity index (χ0n) is 18.2. The first-order chi connectivity index (χ1) is 15.2. The van der Waals surface area contributed by atoms with Crippen molar-refractivity contribution in [3.8, 4) is 11.5 Å². The topological polar surface area (TPSA) is 86.3 Å². The number of carbonyl (C=O) groups is 1. The number of rotatable bonds is 8. The molecule has 1 amide bonds. The molecule has 4 rings (SSSR count). The predicted octanol–water partition coefficient (Wildman–Crippen LogP) is 3.61. The molecule has 2 aliphatic heterocycles. The Morgan fingerprint density at radius 2 is 2.00 bits per heavy atom. The van der Waals surface area contributed by atoms with Gasteiger partial charge in [-0.15, -0.1) is 0 Å². The fourth-order valence-corrected chi connectivity index (χ4v) is 4.77. The number of hydrogen-bond donors (Lipinski definition) is 2. The molecule has 1 saturated carbocycles. The number of nitrogens with one attached hydrogen (secondary N) is 1. The van der Waals surface area contributed by atoms with E-state index >= 15 is 0 Å². The van der Waals surface area contributed by atoms with Gasteiger partial charge in [-0.05, 0) is 56.4 Å². The molecule has 0 aromatic heterocycles. The van der Waals surface area contributed by atoms with Gasteiger partial charge < -0.3 is 29.4 Å². The van der Waals surface area contributed by atoms with Crippen LogP contribution >= 0.6 is 0 Å². The maximum atomic E-state index is 13.1. The highest BCUT2D eigenvalue weighted by Crippen LogP contribution is 2.42. The number of aliphatic hydroxyl groups is 1. The Labute approximate surface area is 183 Å². The lowest BCUT2D eigenvalue weighted by molar-refractivity contribution is -0.166. The molecule has 7 nitrogen and oxygen atoms in total. The van der Waals surface area contributed by atoms with E-state index in [0.717, 1.165) is 37.0 Å². The van der Waals surface area contributed by atoms with Crippen LogP contribution in [0, 0.1) is 5.92 Å². The summed E-state index contributed by atoms with van der Waals surface area (Å²) in [4.78, 5) is 13.1. The second-order valence-corrected chi connectivity index (χ2v) is 8.45. The van der Waals surface area contributed by atoms with Crippen molar-refractivity contribution < 1.29 is 28.8 Å². The van der Waals surface area contributed by atoms with Gasteiger partial charge in [0.25, 0.3) is 5.91 Å². The Morgan fingerprint density at radius 1 is 1.19 bits per heavy atom. The van der Waals surface area contributed by atoms with E-state index in [1.807, 2.05) is 31.2 Å². The first-order valence-corrected chi connectivity index (χ1v) is 11.5. The van der Waals surface area contributed by atoms with Crippen LogP contribution in [0.1, 0.15) is 63.4 Å². The molecule has 2 heterocycles. The molecule has 2 N–H and O–H groups in total. The van der Waals surface area contributed by atoms with Crippen LogP contribution in [-0.4, -0.2) is 43.4 Å². The molecule has 1 aromatic rings. The summed E-state index contributed by atoms with van der Waals surface area (Å²) in [5.74, 6) is 1.44. The largest absolute Gasteiger partial charge is 0.459 e. The van der Waals surface area contributed by atoms with Gasteiger partial charge >= 0.3 is 0 Å². The fraction of sp³-hybridized carbons (Fsp3) is 0.625. The highest BCUT2D eigenvalue weighted by Gasteiger charge is 2.38. The van der Waals surface area contributed by atoms with E-state index in [-0.39, 0.29) is 37.2 Å². The molecule has 0 unspecified atom stereocenters. The summed E-state index contributed by atoms with van der Waals surface area (Å²) in [7, 11) is 0. The molecule has 1 aliphatic carbocycles.